The van der Waals surface area contributed by atoms with Crippen LogP contribution in [0.3, 0.4) is 0 Å². The molecule has 2 aromatic rings. The fourth-order valence-corrected chi connectivity index (χ4v) is 3.07. The van der Waals surface area contributed by atoms with Gasteiger partial charge in [0.2, 0.25) is 0 Å². The van der Waals surface area contributed by atoms with E-state index in [1.807, 2.05) is 5.38 Å². The number of sulfone groups is 1. The van der Waals surface area contributed by atoms with E-state index >= 15 is 0 Å². The predicted octanol–water partition coefficient (Wildman–Crippen LogP) is 2.39. The second-order valence-electron chi connectivity index (χ2n) is 4.33. The van der Waals surface area contributed by atoms with E-state index in [0.717, 1.165) is 18.7 Å². The highest BCUT2D eigenvalue weighted by Gasteiger charge is 2.09. The summed E-state index contributed by atoms with van der Waals surface area (Å²) in [7, 11) is -3.20. The number of hydrogen-bond acceptors (Lipinski definition) is 5. The molecule has 0 aliphatic heterocycles. The van der Waals surface area contributed by atoms with Crippen LogP contribution in [0, 0.1) is 0 Å². The van der Waals surface area contributed by atoms with Crippen molar-refractivity contribution in [2.45, 2.75) is 11.3 Å². The second kappa shape index (κ2) is 5.63. The third kappa shape index (κ3) is 3.71. The maximum atomic E-state index is 11.4. The third-order valence-electron chi connectivity index (χ3n) is 2.76. The van der Waals surface area contributed by atoms with Crippen LogP contribution in [0.1, 0.15) is 5.56 Å². The fourth-order valence-electron chi connectivity index (χ4n) is 1.71. The summed E-state index contributed by atoms with van der Waals surface area (Å²) < 4.78 is 22.8. The minimum absolute atomic E-state index is 0.244. The lowest BCUT2D eigenvalue weighted by Gasteiger charge is -2.10. The van der Waals surface area contributed by atoms with Gasteiger partial charge >= 0.3 is 0 Å². The van der Waals surface area contributed by atoms with Gasteiger partial charge in [-0.05, 0) is 47.0 Å². The van der Waals surface area contributed by atoms with Crippen LogP contribution in [0.5, 0.6) is 0 Å². The Morgan fingerprint density at radius 2 is 2.11 bits per heavy atom. The quantitative estimate of drug-likeness (QED) is 0.831. The number of nitrogens with one attached hydrogen (secondary N) is 1. The van der Waals surface area contributed by atoms with Crippen molar-refractivity contribution in [3.63, 3.8) is 0 Å². The second-order valence-corrected chi connectivity index (χ2v) is 7.13. The van der Waals surface area contributed by atoms with Gasteiger partial charge in [-0.2, -0.15) is 11.3 Å². The standard InChI is InChI=1S/C13H16N2O2S2/c1-19(16,17)11-2-3-13(12(14)8-11)15-6-4-10-5-7-18-9-10/h2-3,5,7-9,15H,4,6,14H2,1H3. The molecule has 102 valence electrons. The summed E-state index contributed by atoms with van der Waals surface area (Å²) in [6.07, 6.45) is 2.09. The lowest BCUT2D eigenvalue weighted by molar-refractivity contribution is 0.602. The molecule has 0 aliphatic carbocycles. The number of nitrogens with two attached hydrogens (primary N) is 1. The van der Waals surface area contributed by atoms with Crippen LogP contribution in [0.15, 0.2) is 39.9 Å². The van der Waals surface area contributed by atoms with E-state index in [1.165, 1.54) is 17.9 Å². The molecule has 0 spiro atoms. The zero-order valence-corrected chi connectivity index (χ0v) is 12.2. The zero-order chi connectivity index (χ0) is 13.9. The molecule has 4 nitrogen and oxygen atoms in total. The van der Waals surface area contributed by atoms with Crippen LogP contribution >= 0.6 is 11.3 Å². The third-order valence-corrected chi connectivity index (χ3v) is 4.60. The summed E-state index contributed by atoms with van der Waals surface area (Å²) in [4.78, 5) is 0.244. The van der Waals surface area contributed by atoms with Gasteiger partial charge in [0.1, 0.15) is 0 Å². The Morgan fingerprint density at radius 1 is 1.32 bits per heavy atom. The zero-order valence-electron chi connectivity index (χ0n) is 10.6. The van der Waals surface area contributed by atoms with E-state index in [4.69, 9.17) is 5.73 Å². The van der Waals surface area contributed by atoms with Crippen LogP contribution in [0.4, 0.5) is 11.4 Å². The Morgan fingerprint density at radius 3 is 2.68 bits per heavy atom. The van der Waals surface area contributed by atoms with Crippen LogP contribution < -0.4 is 11.1 Å². The fraction of sp³-hybridized carbons (Fsp3) is 0.231. The summed E-state index contributed by atoms with van der Waals surface area (Å²) in [5, 5.41) is 7.37. The van der Waals surface area contributed by atoms with Crippen molar-refractivity contribution in [3.8, 4) is 0 Å². The molecule has 0 unspecified atom stereocenters. The molecule has 2 rings (SSSR count). The molecule has 0 amide bonds. The number of rotatable bonds is 5. The van der Waals surface area contributed by atoms with Gasteiger partial charge in [0.05, 0.1) is 16.3 Å². The van der Waals surface area contributed by atoms with Gasteiger partial charge in [0.25, 0.3) is 0 Å². The van der Waals surface area contributed by atoms with Gasteiger partial charge in [0.15, 0.2) is 9.84 Å². The van der Waals surface area contributed by atoms with Crippen molar-refractivity contribution < 1.29 is 8.42 Å². The number of anilines is 2. The molecule has 1 aromatic heterocycles. The number of thiophene rings is 1. The first kappa shape index (κ1) is 13.9. The molecule has 0 saturated heterocycles. The minimum atomic E-state index is -3.20. The molecule has 0 atom stereocenters. The topological polar surface area (TPSA) is 72.2 Å². The maximum Gasteiger partial charge on any atom is 0.175 e. The maximum absolute atomic E-state index is 11.4. The van der Waals surface area contributed by atoms with Gasteiger partial charge in [0, 0.05) is 12.8 Å². The Balaban J connectivity index is 2.01. The summed E-state index contributed by atoms with van der Waals surface area (Å²) >= 11 is 1.67. The van der Waals surface area contributed by atoms with E-state index in [-0.39, 0.29) is 4.90 Å². The van der Waals surface area contributed by atoms with Crippen molar-refractivity contribution in [2.75, 3.05) is 23.9 Å². The van der Waals surface area contributed by atoms with Gasteiger partial charge in [-0.25, -0.2) is 8.42 Å². The molecule has 0 bridgehead atoms. The first-order valence-electron chi connectivity index (χ1n) is 5.81. The molecule has 0 aliphatic rings. The Bertz CT molecular complexity index is 649. The molecule has 0 saturated carbocycles. The van der Waals surface area contributed by atoms with Crippen LogP contribution in [-0.4, -0.2) is 21.2 Å². The molecule has 1 heterocycles. The average Bonchev–Trinajstić information content (AvgIpc) is 2.83. The normalized spacial score (nSPS) is 11.4. The van der Waals surface area contributed by atoms with Crippen LogP contribution in [-0.2, 0) is 16.3 Å². The van der Waals surface area contributed by atoms with Crippen molar-refractivity contribution in [3.05, 3.63) is 40.6 Å². The lowest BCUT2D eigenvalue weighted by atomic mass is 10.2. The number of nitrogen functional groups attached to an aromatic ring is 1. The monoisotopic (exact) mass is 296 g/mol. The van der Waals surface area contributed by atoms with Crippen molar-refractivity contribution in [1.82, 2.24) is 0 Å². The summed E-state index contributed by atoms with van der Waals surface area (Å²) in [5.74, 6) is 0. The first-order valence-corrected chi connectivity index (χ1v) is 8.65. The minimum Gasteiger partial charge on any atom is -0.397 e. The van der Waals surface area contributed by atoms with Crippen molar-refractivity contribution >= 4 is 32.5 Å². The number of benzene rings is 1. The Labute approximate surface area is 117 Å². The summed E-state index contributed by atoms with van der Waals surface area (Å²) in [5.41, 5.74) is 8.35. The summed E-state index contributed by atoms with van der Waals surface area (Å²) in [6, 6.07) is 6.85. The molecule has 3 N–H and O–H groups in total. The average molecular weight is 296 g/mol. The van der Waals surface area contributed by atoms with E-state index < -0.39 is 9.84 Å². The lowest BCUT2D eigenvalue weighted by Crippen LogP contribution is -2.07. The smallest absolute Gasteiger partial charge is 0.175 e. The molecule has 0 fully saturated rings. The Hall–Kier alpha value is -1.53. The molecule has 0 radical (unpaired) electrons. The molecular formula is C13H16N2O2S2. The molecule has 6 heteroatoms. The van der Waals surface area contributed by atoms with Crippen LogP contribution in [0.2, 0.25) is 0 Å². The van der Waals surface area contributed by atoms with Gasteiger partial charge in [-0.15, -0.1) is 0 Å². The van der Waals surface area contributed by atoms with Gasteiger partial charge < -0.3 is 11.1 Å². The largest absolute Gasteiger partial charge is 0.397 e. The van der Waals surface area contributed by atoms with E-state index in [1.54, 1.807) is 23.5 Å². The van der Waals surface area contributed by atoms with E-state index in [0.29, 0.717) is 5.69 Å². The Kier molecular flexibility index (Phi) is 4.11. The van der Waals surface area contributed by atoms with E-state index in [9.17, 15) is 8.42 Å². The van der Waals surface area contributed by atoms with Crippen molar-refractivity contribution in [2.24, 2.45) is 0 Å². The first-order chi connectivity index (χ1) is 8.97. The highest BCUT2D eigenvalue weighted by molar-refractivity contribution is 7.90. The molecule has 1 aromatic carbocycles. The summed E-state index contributed by atoms with van der Waals surface area (Å²) in [6.45, 7) is 0.763. The highest BCUT2D eigenvalue weighted by atomic mass is 32.2. The van der Waals surface area contributed by atoms with E-state index in [2.05, 4.69) is 16.8 Å². The SMILES string of the molecule is CS(=O)(=O)c1ccc(NCCc2ccsc2)c(N)c1. The van der Waals surface area contributed by atoms with Crippen molar-refractivity contribution in [1.29, 1.82) is 0 Å². The molecular weight excluding hydrogens is 280 g/mol. The predicted molar refractivity (Wildman–Crippen MR) is 80.5 cm³/mol. The number of hydrogen-bond donors (Lipinski definition) is 2. The van der Waals surface area contributed by atoms with Crippen LogP contribution in [0.25, 0.3) is 0 Å². The van der Waals surface area contributed by atoms with Gasteiger partial charge in [-0.3, -0.25) is 0 Å². The molecule has 19 heavy (non-hydrogen) atoms. The van der Waals surface area contributed by atoms with Gasteiger partial charge in [-0.1, -0.05) is 0 Å². The highest BCUT2D eigenvalue weighted by Crippen LogP contribution is 2.22.